The summed E-state index contributed by atoms with van der Waals surface area (Å²) in [5, 5.41) is 8.90. The molecule has 1 unspecified atom stereocenters. The average Bonchev–Trinajstić information content (AvgIpc) is 2.75. The molecule has 1 atom stereocenters. The monoisotopic (exact) mass is 277 g/mol. The van der Waals surface area contributed by atoms with Gasteiger partial charge in [-0.3, -0.25) is 0 Å². The summed E-state index contributed by atoms with van der Waals surface area (Å²) in [6, 6.07) is 0. The van der Waals surface area contributed by atoms with Crippen LogP contribution in [0.1, 0.15) is 12.8 Å². The standard InChI is InChI=1S/C8H12BrN3OS/c1-12(5-6-3-2-4-13-6)8-11-10-7(9)14-8/h6H,2-5H2,1H3. The van der Waals surface area contributed by atoms with Crippen LogP contribution in [-0.2, 0) is 4.74 Å². The second-order valence-electron chi connectivity index (χ2n) is 3.35. The molecule has 0 bridgehead atoms. The van der Waals surface area contributed by atoms with Gasteiger partial charge in [-0.15, -0.1) is 10.2 Å². The zero-order valence-corrected chi connectivity index (χ0v) is 10.3. The fourth-order valence-electron chi connectivity index (χ4n) is 1.52. The lowest BCUT2D eigenvalue weighted by atomic mass is 10.2. The second kappa shape index (κ2) is 4.55. The van der Waals surface area contributed by atoms with Gasteiger partial charge in [0.15, 0.2) is 3.92 Å². The van der Waals surface area contributed by atoms with E-state index in [-0.39, 0.29) is 0 Å². The van der Waals surface area contributed by atoms with E-state index in [0.29, 0.717) is 6.10 Å². The van der Waals surface area contributed by atoms with Gasteiger partial charge >= 0.3 is 0 Å². The smallest absolute Gasteiger partial charge is 0.208 e. The van der Waals surface area contributed by atoms with Gasteiger partial charge in [0.05, 0.1) is 6.10 Å². The Morgan fingerprint density at radius 2 is 2.50 bits per heavy atom. The molecule has 0 aromatic carbocycles. The lowest BCUT2D eigenvalue weighted by Gasteiger charge is -2.18. The first-order chi connectivity index (χ1) is 6.75. The van der Waals surface area contributed by atoms with E-state index in [0.717, 1.165) is 28.6 Å². The summed E-state index contributed by atoms with van der Waals surface area (Å²) in [5.41, 5.74) is 0. The van der Waals surface area contributed by atoms with Crippen LogP contribution >= 0.6 is 27.3 Å². The van der Waals surface area contributed by atoms with Gasteiger partial charge in [0, 0.05) is 20.2 Å². The topological polar surface area (TPSA) is 38.2 Å². The highest BCUT2D eigenvalue weighted by Gasteiger charge is 2.18. The first-order valence-electron chi connectivity index (χ1n) is 4.57. The van der Waals surface area contributed by atoms with Gasteiger partial charge in [0.1, 0.15) is 0 Å². The highest BCUT2D eigenvalue weighted by Crippen LogP contribution is 2.24. The predicted octanol–water partition coefficient (Wildman–Crippen LogP) is 1.92. The van der Waals surface area contributed by atoms with Gasteiger partial charge in [-0.2, -0.15) is 0 Å². The minimum absolute atomic E-state index is 0.364. The molecule has 0 spiro atoms. The quantitative estimate of drug-likeness (QED) is 0.846. The molecule has 0 radical (unpaired) electrons. The molecule has 1 fully saturated rings. The summed E-state index contributed by atoms with van der Waals surface area (Å²) >= 11 is 4.84. The summed E-state index contributed by atoms with van der Waals surface area (Å²) in [4.78, 5) is 2.10. The summed E-state index contributed by atoms with van der Waals surface area (Å²) in [6.07, 6.45) is 2.70. The molecule has 2 rings (SSSR count). The largest absolute Gasteiger partial charge is 0.376 e. The Kier molecular flexibility index (Phi) is 3.35. The van der Waals surface area contributed by atoms with Gasteiger partial charge in [-0.05, 0) is 28.8 Å². The number of aromatic nitrogens is 2. The van der Waals surface area contributed by atoms with Crippen molar-refractivity contribution in [3.63, 3.8) is 0 Å². The van der Waals surface area contributed by atoms with E-state index in [9.17, 15) is 0 Å². The Balaban J connectivity index is 1.91. The minimum atomic E-state index is 0.364. The third kappa shape index (κ3) is 2.43. The van der Waals surface area contributed by atoms with Crippen molar-refractivity contribution in [1.82, 2.24) is 10.2 Å². The molecule has 6 heteroatoms. The lowest BCUT2D eigenvalue weighted by Crippen LogP contribution is -2.28. The van der Waals surface area contributed by atoms with Crippen LogP contribution < -0.4 is 4.90 Å². The third-order valence-corrected chi connectivity index (χ3v) is 3.69. The fraction of sp³-hybridized carbons (Fsp3) is 0.750. The molecule has 4 nitrogen and oxygen atoms in total. The predicted molar refractivity (Wildman–Crippen MR) is 59.9 cm³/mol. The van der Waals surface area contributed by atoms with Crippen molar-refractivity contribution in [3.05, 3.63) is 3.92 Å². The number of hydrogen-bond acceptors (Lipinski definition) is 5. The number of ether oxygens (including phenoxy) is 1. The molecule has 1 aromatic rings. The number of halogens is 1. The van der Waals surface area contributed by atoms with Crippen LogP contribution in [0.5, 0.6) is 0 Å². The van der Waals surface area contributed by atoms with Crippen molar-refractivity contribution >= 4 is 32.4 Å². The average molecular weight is 278 g/mol. The van der Waals surface area contributed by atoms with E-state index >= 15 is 0 Å². The minimum Gasteiger partial charge on any atom is -0.376 e. The number of likely N-dealkylation sites (N-methyl/N-ethyl adjacent to an activating group) is 1. The fourth-order valence-corrected chi connectivity index (χ4v) is 2.58. The van der Waals surface area contributed by atoms with E-state index in [1.54, 1.807) is 11.3 Å². The summed E-state index contributed by atoms with van der Waals surface area (Å²) in [7, 11) is 2.02. The van der Waals surface area contributed by atoms with Crippen molar-refractivity contribution in [3.8, 4) is 0 Å². The van der Waals surface area contributed by atoms with Crippen LogP contribution in [0.2, 0.25) is 0 Å². The van der Waals surface area contributed by atoms with Crippen molar-refractivity contribution < 1.29 is 4.74 Å². The van der Waals surface area contributed by atoms with Gasteiger partial charge < -0.3 is 9.64 Å². The Morgan fingerprint density at radius 3 is 3.07 bits per heavy atom. The van der Waals surface area contributed by atoms with Crippen LogP contribution in [0, 0.1) is 0 Å². The van der Waals surface area contributed by atoms with E-state index in [1.807, 2.05) is 7.05 Å². The molecular weight excluding hydrogens is 266 g/mol. The van der Waals surface area contributed by atoms with Crippen molar-refractivity contribution in [2.45, 2.75) is 18.9 Å². The highest BCUT2D eigenvalue weighted by atomic mass is 79.9. The van der Waals surface area contributed by atoms with Crippen molar-refractivity contribution in [2.24, 2.45) is 0 Å². The zero-order valence-electron chi connectivity index (χ0n) is 7.94. The van der Waals surface area contributed by atoms with Gasteiger partial charge in [-0.25, -0.2) is 0 Å². The molecule has 0 N–H and O–H groups in total. The molecule has 1 aliphatic heterocycles. The van der Waals surface area contributed by atoms with Crippen molar-refractivity contribution in [1.29, 1.82) is 0 Å². The Morgan fingerprint density at radius 1 is 1.64 bits per heavy atom. The number of rotatable bonds is 3. The zero-order chi connectivity index (χ0) is 9.97. The molecular formula is C8H12BrN3OS. The molecule has 14 heavy (non-hydrogen) atoms. The molecule has 1 saturated heterocycles. The molecule has 1 aliphatic rings. The maximum atomic E-state index is 5.55. The molecule has 0 amide bonds. The maximum Gasteiger partial charge on any atom is 0.208 e. The highest BCUT2D eigenvalue weighted by molar-refractivity contribution is 9.11. The Labute approximate surface area is 95.4 Å². The normalized spacial score (nSPS) is 21.4. The van der Waals surface area contributed by atoms with Crippen LogP contribution in [0.3, 0.4) is 0 Å². The Hall–Kier alpha value is -0.200. The van der Waals surface area contributed by atoms with E-state index in [4.69, 9.17) is 4.74 Å². The summed E-state index contributed by atoms with van der Waals surface area (Å²) in [6.45, 7) is 1.81. The second-order valence-corrected chi connectivity index (χ2v) is 5.59. The van der Waals surface area contributed by atoms with Crippen LogP contribution in [0.15, 0.2) is 3.92 Å². The summed E-state index contributed by atoms with van der Waals surface area (Å²) in [5.74, 6) is 0. The van der Waals surface area contributed by atoms with Gasteiger partial charge in [0.2, 0.25) is 5.13 Å². The van der Waals surface area contributed by atoms with Gasteiger partial charge in [0.25, 0.3) is 0 Å². The maximum absolute atomic E-state index is 5.55. The molecule has 0 aliphatic carbocycles. The molecule has 78 valence electrons. The molecule has 0 saturated carbocycles. The van der Waals surface area contributed by atoms with Crippen LogP contribution in [0.25, 0.3) is 0 Å². The molecule has 1 aromatic heterocycles. The van der Waals surface area contributed by atoms with Crippen molar-refractivity contribution in [2.75, 3.05) is 25.1 Å². The van der Waals surface area contributed by atoms with E-state index in [1.165, 1.54) is 6.42 Å². The SMILES string of the molecule is CN(CC1CCCO1)c1nnc(Br)s1. The first kappa shape index (κ1) is 10.3. The van der Waals surface area contributed by atoms with Crippen LogP contribution in [0.4, 0.5) is 5.13 Å². The summed E-state index contributed by atoms with van der Waals surface area (Å²) < 4.78 is 6.38. The van der Waals surface area contributed by atoms with Gasteiger partial charge in [-0.1, -0.05) is 11.3 Å². The molecule has 2 heterocycles. The number of hydrogen-bond donors (Lipinski definition) is 0. The Bertz CT molecular complexity index is 301. The number of nitrogens with zero attached hydrogens (tertiary/aromatic N) is 3. The van der Waals surface area contributed by atoms with Crippen LogP contribution in [-0.4, -0.2) is 36.5 Å². The first-order valence-corrected chi connectivity index (χ1v) is 6.18. The third-order valence-electron chi connectivity index (χ3n) is 2.22. The number of anilines is 1. The van der Waals surface area contributed by atoms with E-state index in [2.05, 4.69) is 31.0 Å². The lowest BCUT2D eigenvalue weighted by molar-refractivity contribution is 0.116. The van der Waals surface area contributed by atoms with E-state index < -0.39 is 0 Å².